The van der Waals surface area contributed by atoms with E-state index in [9.17, 15) is 0 Å². The van der Waals surface area contributed by atoms with Gasteiger partial charge in [-0.05, 0) is 42.0 Å². The van der Waals surface area contributed by atoms with Gasteiger partial charge in [-0.3, -0.25) is 0 Å². The van der Waals surface area contributed by atoms with E-state index in [2.05, 4.69) is 44.5 Å². The maximum atomic E-state index is 5.51. The van der Waals surface area contributed by atoms with Gasteiger partial charge in [0.05, 0.1) is 0 Å². The van der Waals surface area contributed by atoms with Gasteiger partial charge in [0.1, 0.15) is 5.52 Å². The fraction of sp³-hybridized carbons (Fsp3) is 0.462. The summed E-state index contributed by atoms with van der Waals surface area (Å²) in [5.41, 5.74) is 5.98. The molecule has 3 heteroatoms. The number of hydrogen-bond donors (Lipinski definition) is 1. The highest BCUT2D eigenvalue weighted by Crippen LogP contribution is 2.28. The smallest absolute Gasteiger partial charge is 0.253 e. The minimum absolute atomic E-state index is 0.458. The third-order valence-corrected chi connectivity index (χ3v) is 3.26. The van der Waals surface area contributed by atoms with Crippen molar-refractivity contribution in [3.63, 3.8) is 0 Å². The summed E-state index contributed by atoms with van der Waals surface area (Å²) in [4.78, 5) is 4.37. The van der Waals surface area contributed by atoms with E-state index < -0.39 is 0 Å². The average molecular weight is 235 g/mol. The molecular formula is C13H17NOS. The molecule has 0 N–H and O–H groups in total. The molecule has 0 bridgehead atoms. The summed E-state index contributed by atoms with van der Waals surface area (Å²) in [5.74, 6) is 0. The number of oxazole rings is 1. The minimum Gasteiger partial charge on any atom is -0.432 e. The van der Waals surface area contributed by atoms with Crippen LogP contribution in [0.4, 0.5) is 0 Å². The second-order valence-electron chi connectivity index (χ2n) is 3.90. The first-order valence-electron chi connectivity index (χ1n) is 5.84. The monoisotopic (exact) mass is 235 g/mol. The number of thiol groups is 1. The molecule has 0 amide bonds. The van der Waals surface area contributed by atoms with Crippen LogP contribution in [0.5, 0.6) is 0 Å². The van der Waals surface area contributed by atoms with Crippen molar-refractivity contribution in [2.24, 2.45) is 0 Å². The zero-order valence-corrected chi connectivity index (χ0v) is 10.9. The van der Waals surface area contributed by atoms with Crippen LogP contribution in [0.2, 0.25) is 0 Å². The van der Waals surface area contributed by atoms with Gasteiger partial charge in [-0.1, -0.05) is 33.4 Å². The van der Waals surface area contributed by atoms with E-state index in [1.165, 1.54) is 16.7 Å². The van der Waals surface area contributed by atoms with Gasteiger partial charge >= 0.3 is 0 Å². The van der Waals surface area contributed by atoms with Crippen LogP contribution >= 0.6 is 12.6 Å². The zero-order chi connectivity index (χ0) is 11.7. The van der Waals surface area contributed by atoms with Gasteiger partial charge < -0.3 is 4.42 Å². The van der Waals surface area contributed by atoms with Gasteiger partial charge in [-0.2, -0.15) is 0 Å². The van der Waals surface area contributed by atoms with Gasteiger partial charge in [0.25, 0.3) is 5.22 Å². The maximum Gasteiger partial charge on any atom is 0.253 e. The van der Waals surface area contributed by atoms with Crippen LogP contribution in [0, 0.1) is 0 Å². The Morgan fingerprint density at radius 3 is 2.38 bits per heavy atom. The largest absolute Gasteiger partial charge is 0.432 e. The fourth-order valence-corrected chi connectivity index (χ4v) is 2.55. The van der Waals surface area contributed by atoms with Crippen LogP contribution < -0.4 is 0 Å². The van der Waals surface area contributed by atoms with Crippen molar-refractivity contribution in [3.05, 3.63) is 22.8 Å². The number of hydrogen-bond acceptors (Lipinski definition) is 3. The molecule has 0 aliphatic rings. The second kappa shape index (κ2) is 4.50. The highest BCUT2D eigenvalue weighted by atomic mass is 32.1. The van der Waals surface area contributed by atoms with Crippen LogP contribution in [0.15, 0.2) is 15.7 Å². The normalized spacial score (nSPS) is 11.2. The van der Waals surface area contributed by atoms with Crippen LogP contribution in [0.25, 0.3) is 11.1 Å². The van der Waals surface area contributed by atoms with E-state index in [1.807, 2.05) is 0 Å². The Bertz CT molecular complexity index is 516. The van der Waals surface area contributed by atoms with Crippen molar-refractivity contribution in [1.82, 2.24) is 4.98 Å². The van der Waals surface area contributed by atoms with Gasteiger partial charge in [-0.15, -0.1) is 0 Å². The molecule has 0 saturated heterocycles. The number of benzene rings is 1. The third kappa shape index (κ3) is 1.73. The predicted molar refractivity (Wildman–Crippen MR) is 69.4 cm³/mol. The van der Waals surface area contributed by atoms with Crippen LogP contribution in [-0.2, 0) is 19.3 Å². The van der Waals surface area contributed by atoms with E-state index >= 15 is 0 Å². The molecule has 0 aliphatic carbocycles. The van der Waals surface area contributed by atoms with Crippen molar-refractivity contribution >= 4 is 23.7 Å². The average Bonchev–Trinajstić information content (AvgIpc) is 2.66. The zero-order valence-electron chi connectivity index (χ0n) is 10.0. The third-order valence-electron chi connectivity index (χ3n) is 3.07. The molecule has 1 aromatic carbocycles. The lowest BCUT2D eigenvalue weighted by Crippen LogP contribution is -1.98. The molecule has 0 spiro atoms. The lowest BCUT2D eigenvalue weighted by atomic mass is 9.94. The number of nitrogens with zero attached hydrogens (tertiary/aromatic N) is 1. The molecule has 0 aliphatic heterocycles. The summed E-state index contributed by atoms with van der Waals surface area (Å²) in [6.07, 6.45) is 3.08. The highest BCUT2D eigenvalue weighted by Gasteiger charge is 2.14. The lowest BCUT2D eigenvalue weighted by molar-refractivity contribution is 0.491. The molecular weight excluding hydrogens is 218 g/mol. The number of aryl methyl sites for hydroxylation is 2. The summed E-state index contributed by atoms with van der Waals surface area (Å²) in [7, 11) is 0. The first-order valence-corrected chi connectivity index (χ1v) is 6.29. The maximum absolute atomic E-state index is 5.51. The first-order chi connectivity index (χ1) is 7.71. The molecule has 86 valence electrons. The summed E-state index contributed by atoms with van der Waals surface area (Å²) >= 11 is 4.18. The standard InChI is InChI=1S/C13H17NOS/c1-4-8-7-11-12(14-13(16)15-11)10(6-3)9(8)5-2/h7H,4-6H2,1-3H3,(H,14,16). The van der Waals surface area contributed by atoms with Crippen molar-refractivity contribution in [1.29, 1.82) is 0 Å². The van der Waals surface area contributed by atoms with E-state index in [1.54, 1.807) is 0 Å². The quantitative estimate of drug-likeness (QED) is 0.819. The second-order valence-corrected chi connectivity index (χ2v) is 4.28. The van der Waals surface area contributed by atoms with Crippen LogP contribution in [0.1, 0.15) is 37.5 Å². The molecule has 2 nitrogen and oxygen atoms in total. The number of fused-ring (bicyclic) bond motifs is 1. The van der Waals surface area contributed by atoms with E-state index in [-0.39, 0.29) is 0 Å². The van der Waals surface area contributed by atoms with Crippen LogP contribution in [0.3, 0.4) is 0 Å². The molecule has 0 radical (unpaired) electrons. The van der Waals surface area contributed by atoms with E-state index in [0.29, 0.717) is 5.22 Å². The minimum atomic E-state index is 0.458. The molecule has 2 rings (SSSR count). The first kappa shape index (κ1) is 11.5. The molecule has 1 aromatic heterocycles. The van der Waals surface area contributed by atoms with Gasteiger partial charge in [0, 0.05) is 0 Å². The SMILES string of the molecule is CCc1cc2oc(S)nc2c(CC)c1CC. The van der Waals surface area contributed by atoms with Gasteiger partial charge in [0.2, 0.25) is 0 Å². The lowest BCUT2D eigenvalue weighted by Gasteiger charge is -2.11. The Kier molecular flexibility index (Phi) is 3.24. The van der Waals surface area contributed by atoms with Crippen molar-refractivity contribution in [2.45, 2.75) is 45.3 Å². The Morgan fingerprint density at radius 1 is 1.12 bits per heavy atom. The van der Waals surface area contributed by atoms with Crippen molar-refractivity contribution < 1.29 is 4.42 Å². The van der Waals surface area contributed by atoms with Crippen molar-refractivity contribution in [3.8, 4) is 0 Å². The Balaban J connectivity index is 2.81. The van der Waals surface area contributed by atoms with Gasteiger partial charge in [0.15, 0.2) is 5.58 Å². The summed E-state index contributed by atoms with van der Waals surface area (Å²) in [6.45, 7) is 6.54. The molecule has 0 unspecified atom stereocenters. The molecule has 0 fully saturated rings. The van der Waals surface area contributed by atoms with Gasteiger partial charge in [-0.25, -0.2) is 4.98 Å². The number of rotatable bonds is 3. The Labute approximate surface area is 101 Å². The summed E-state index contributed by atoms with van der Waals surface area (Å²) in [5, 5.41) is 0.458. The predicted octanol–water partition coefficient (Wildman–Crippen LogP) is 3.80. The van der Waals surface area contributed by atoms with Crippen LogP contribution in [-0.4, -0.2) is 4.98 Å². The number of aromatic nitrogens is 1. The molecule has 16 heavy (non-hydrogen) atoms. The molecule has 2 aromatic rings. The summed E-state index contributed by atoms with van der Waals surface area (Å²) in [6, 6.07) is 2.11. The summed E-state index contributed by atoms with van der Waals surface area (Å²) < 4.78 is 5.51. The van der Waals surface area contributed by atoms with Crippen molar-refractivity contribution in [2.75, 3.05) is 0 Å². The topological polar surface area (TPSA) is 26.0 Å². The molecule has 0 atom stereocenters. The van der Waals surface area contributed by atoms with E-state index in [0.717, 1.165) is 30.4 Å². The fourth-order valence-electron chi connectivity index (χ4n) is 2.35. The molecule has 1 heterocycles. The van der Waals surface area contributed by atoms with E-state index in [4.69, 9.17) is 4.42 Å². The Morgan fingerprint density at radius 2 is 1.81 bits per heavy atom. The Hall–Kier alpha value is -0.960. The highest BCUT2D eigenvalue weighted by molar-refractivity contribution is 7.80. The molecule has 0 saturated carbocycles.